The van der Waals surface area contributed by atoms with Gasteiger partial charge in [-0.2, -0.15) is 0 Å². The second-order valence-corrected chi connectivity index (χ2v) is 8.06. The predicted octanol–water partition coefficient (Wildman–Crippen LogP) is 4.27. The Kier molecular flexibility index (Phi) is 7.91. The highest BCUT2D eigenvalue weighted by atomic mass is 16.5. The molecule has 3 aromatic rings. The molecule has 0 bridgehead atoms. The third-order valence-corrected chi connectivity index (χ3v) is 5.52. The molecule has 0 aliphatic heterocycles. The van der Waals surface area contributed by atoms with E-state index in [1.165, 1.54) is 52.5 Å². The first-order valence-corrected chi connectivity index (χ1v) is 10.9. The van der Waals surface area contributed by atoms with E-state index < -0.39 is 23.7 Å². The summed E-state index contributed by atoms with van der Waals surface area (Å²) in [5, 5.41) is 20.8. The van der Waals surface area contributed by atoms with Gasteiger partial charge < -0.3 is 33.9 Å². The minimum atomic E-state index is -0.885. The summed E-state index contributed by atoms with van der Waals surface area (Å²) in [4.78, 5) is 37.6. The maximum atomic E-state index is 12.9. The van der Waals surface area contributed by atoms with Crippen LogP contribution in [0.15, 0.2) is 36.4 Å². The Morgan fingerprint density at radius 2 is 1.00 bits per heavy atom. The molecule has 0 fully saturated rings. The van der Waals surface area contributed by atoms with Gasteiger partial charge in [0.1, 0.15) is 51.2 Å². The van der Waals surface area contributed by atoms with Gasteiger partial charge in [0.05, 0.1) is 21.3 Å². The van der Waals surface area contributed by atoms with Gasteiger partial charge in [0.25, 0.3) is 0 Å². The number of phenols is 2. The number of hydrogen-bond donors (Lipinski definition) is 2. The molecule has 3 aromatic carbocycles. The zero-order chi connectivity index (χ0) is 27.4. The van der Waals surface area contributed by atoms with Crippen LogP contribution in [0.1, 0.15) is 47.8 Å². The van der Waals surface area contributed by atoms with Crippen molar-refractivity contribution in [2.45, 2.75) is 20.8 Å². The quantitative estimate of drug-likeness (QED) is 0.350. The smallest absolute Gasteiger partial charge is 0.347 e. The van der Waals surface area contributed by atoms with E-state index in [0.29, 0.717) is 16.9 Å². The van der Waals surface area contributed by atoms with E-state index in [1.54, 1.807) is 19.9 Å². The first-order chi connectivity index (χ1) is 17.5. The van der Waals surface area contributed by atoms with Crippen LogP contribution in [0.3, 0.4) is 0 Å². The van der Waals surface area contributed by atoms with Gasteiger partial charge in [-0.25, -0.2) is 14.4 Å². The van der Waals surface area contributed by atoms with Crippen molar-refractivity contribution in [1.82, 2.24) is 0 Å². The number of carbonyl (C=O) groups excluding carboxylic acids is 3. The fraction of sp³-hybridized carbons (Fsp3) is 0.222. The largest absolute Gasteiger partial charge is 0.507 e. The van der Waals surface area contributed by atoms with Gasteiger partial charge in [0.2, 0.25) is 0 Å². The topological polar surface area (TPSA) is 138 Å². The molecule has 0 amide bonds. The fourth-order valence-corrected chi connectivity index (χ4v) is 3.80. The average molecular weight is 510 g/mol. The molecule has 0 aliphatic rings. The van der Waals surface area contributed by atoms with Crippen LogP contribution in [-0.2, 0) is 4.74 Å². The highest BCUT2D eigenvalue weighted by Gasteiger charge is 2.24. The molecule has 37 heavy (non-hydrogen) atoms. The molecule has 0 atom stereocenters. The lowest BCUT2D eigenvalue weighted by atomic mass is 10.1. The van der Waals surface area contributed by atoms with Crippen LogP contribution in [0.25, 0.3) is 0 Å². The van der Waals surface area contributed by atoms with E-state index in [9.17, 15) is 24.6 Å². The molecule has 194 valence electrons. The average Bonchev–Trinajstić information content (AvgIpc) is 2.82. The normalized spacial score (nSPS) is 10.4. The lowest BCUT2D eigenvalue weighted by Gasteiger charge is -2.14. The van der Waals surface area contributed by atoms with Crippen LogP contribution in [-0.4, -0.2) is 49.5 Å². The van der Waals surface area contributed by atoms with Gasteiger partial charge in [0, 0.05) is 18.2 Å². The summed E-state index contributed by atoms with van der Waals surface area (Å²) in [5.74, 6) is -2.62. The Balaban J connectivity index is 1.86. The van der Waals surface area contributed by atoms with Crippen molar-refractivity contribution >= 4 is 17.9 Å². The molecule has 10 heteroatoms. The lowest BCUT2D eigenvalue weighted by Crippen LogP contribution is -2.14. The van der Waals surface area contributed by atoms with Crippen molar-refractivity contribution in [2.75, 3.05) is 21.3 Å². The van der Waals surface area contributed by atoms with Gasteiger partial charge in [0.15, 0.2) is 0 Å². The van der Waals surface area contributed by atoms with E-state index in [1.807, 2.05) is 0 Å². The number of rotatable bonds is 7. The molecular weight excluding hydrogens is 484 g/mol. The van der Waals surface area contributed by atoms with Crippen molar-refractivity contribution in [3.63, 3.8) is 0 Å². The fourth-order valence-electron chi connectivity index (χ4n) is 3.80. The molecular formula is C27H26O10. The predicted molar refractivity (Wildman–Crippen MR) is 131 cm³/mol. The van der Waals surface area contributed by atoms with E-state index in [2.05, 4.69) is 0 Å². The van der Waals surface area contributed by atoms with Crippen LogP contribution in [0.2, 0.25) is 0 Å². The zero-order valence-electron chi connectivity index (χ0n) is 21.1. The highest BCUT2D eigenvalue weighted by molar-refractivity contribution is 5.98. The summed E-state index contributed by atoms with van der Waals surface area (Å²) in [5.41, 5.74) is 1.10. The Morgan fingerprint density at radius 1 is 0.568 bits per heavy atom. The standard InChI is InChI=1S/C27H26O10/c1-13-7-16(33-4)10-19(28)22(13)26(31)36-17-8-14(2)23(20(29)11-17)27(32)37-18-9-15(3)24(25(30)35-6)21(12-18)34-5/h7-12,28-29H,1-6H3. The number of phenolic OH excluding ortho intramolecular Hbond substituents is 2. The number of aryl methyl sites for hydroxylation is 3. The van der Waals surface area contributed by atoms with E-state index in [-0.39, 0.29) is 45.3 Å². The molecule has 0 heterocycles. The summed E-state index contributed by atoms with van der Waals surface area (Å²) >= 11 is 0. The number of esters is 3. The Labute approximate surface area is 212 Å². The molecule has 3 rings (SSSR count). The maximum absolute atomic E-state index is 12.9. The monoisotopic (exact) mass is 510 g/mol. The molecule has 0 unspecified atom stereocenters. The van der Waals surface area contributed by atoms with Crippen LogP contribution in [0, 0.1) is 20.8 Å². The van der Waals surface area contributed by atoms with Gasteiger partial charge in [-0.15, -0.1) is 0 Å². The number of ether oxygens (including phenoxy) is 5. The van der Waals surface area contributed by atoms with Crippen LogP contribution >= 0.6 is 0 Å². The molecule has 0 aromatic heterocycles. The second kappa shape index (κ2) is 10.9. The summed E-state index contributed by atoms with van der Waals surface area (Å²) in [6, 6.07) is 8.11. The second-order valence-electron chi connectivity index (χ2n) is 8.06. The molecule has 0 saturated carbocycles. The first-order valence-electron chi connectivity index (χ1n) is 10.9. The molecule has 0 radical (unpaired) electrons. The molecule has 10 nitrogen and oxygen atoms in total. The number of carbonyl (C=O) groups is 3. The number of benzene rings is 3. The summed E-state index contributed by atoms with van der Waals surface area (Å²) in [6.07, 6.45) is 0. The summed E-state index contributed by atoms with van der Waals surface area (Å²) < 4.78 is 25.8. The Hall–Kier alpha value is -4.73. The van der Waals surface area contributed by atoms with Crippen molar-refractivity contribution in [3.05, 3.63) is 69.8 Å². The van der Waals surface area contributed by atoms with Crippen molar-refractivity contribution in [2.24, 2.45) is 0 Å². The minimum Gasteiger partial charge on any atom is -0.507 e. The van der Waals surface area contributed by atoms with Gasteiger partial charge in [-0.3, -0.25) is 0 Å². The molecule has 2 N–H and O–H groups in total. The minimum absolute atomic E-state index is 0.0499. The summed E-state index contributed by atoms with van der Waals surface area (Å²) in [7, 11) is 4.03. The van der Waals surface area contributed by atoms with Crippen LogP contribution < -0.4 is 18.9 Å². The Bertz CT molecular complexity index is 1340. The third kappa shape index (κ3) is 5.58. The highest BCUT2D eigenvalue weighted by Crippen LogP contribution is 2.33. The molecule has 0 spiro atoms. The first kappa shape index (κ1) is 26.9. The van der Waals surface area contributed by atoms with Crippen LogP contribution in [0.5, 0.6) is 34.5 Å². The molecule has 0 aliphatic carbocycles. The number of hydrogen-bond acceptors (Lipinski definition) is 10. The maximum Gasteiger partial charge on any atom is 0.347 e. The van der Waals surface area contributed by atoms with Gasteiger partial charge >= 0.3 is 17.9 Å². The number of methoxy groups -OCH3 is 3. The van der Waals surface area contributed by atoms with Crippen molar-refractivity contribution in [3.8, 4) is 34.5 Å². The van der Waals surface area contributed by atoms with Crippen LogP contribution in [0.4, 0.5) is 0 Å². The zero-order valence-corrected chi connectivity index (χ0v) is 21.1. The SMILES string of the molecule is COC(=O)c1c(C)cc(OC(=O)c2c(C)cc(OC(=O)c3c(C)cc(OC)cc3O)cc2O)cc1OC. The summed E-state index contributed by atoms with van der Waals surface area (Å²) in [6.45, 7) is 4.76. The van der Waals surface area contributed by atoms with Crippen molar-refractivity contribution in [1.29, 1.82) is 0 Å². The van der Waals surface area contributed by atoms with E-state index in [0.717, 1.165) is 6.07 Å². The lowest BCUT2D eigenvalue weighted by molar-refractivity contribution is 0.0595. The van der Waals surface area contributed by atoms with Gasteiger partial charge in [-0.1, -0.05) is 0 Å². The van der Waals surface area contributed by atoms with Gasteiger partial charge in [-0.05, 0) is 55.7 Å². The molecule has 0 saturated heterocycles. The van der Waals surface area contributed by atoms with E-state index >= 15 is 0 Å². The Morgan fingerprint density at radius 3 is 1.43 bits per heavy atom. The van der Waals surface area contributed by atoms with E-state index in [4.69, 9.17) is 23.7 Å². The van der Waals surface area contributed by atoms with Crippen molar-refractivity contribution < 1.29 is 48.3 Å². The third-order valence-electron chi connectivity index (χ3n) is 5.52. The number of aromatic hydroxyl groups is 2.